The zero-order valence-electron chi connectivity index (χ0n) is 11.6. The normalized spacial score (nSPS) is 10.2. The first-order valence-electron chi connectivity index (χ1n) is 6.29. The maximum atomic E-state index is 12.2. The molecule has 0 aliphatic carbocycles. The number of benzene rings is 2. The standard InChI is InChI=1S/C16H14ClNO3/c1-9-3-4-14(13(7-9)16(20)21)18-15(19)11-5-10(2)6-12(17)8-11/h3-8H,1-2H3,(H,18,19)(H,20,21). The van der Waals surface area contributed by atoms with Gasteiger partial charge in [0.25, 0.3) is 5.91 Å². The predicted molar refractivity (Wildman–Crippen MR) is 82.3 cm³/mol. The van der Waals surface area contributed by atoms with Crippen molar-refractivity contribution >= 4 is 29.2 Å². The molecule has 0 aliphatic rings. The van der Waals surface area contributed by atoms with Crippen LogP contribution in [-0.2, 0) is 0 Å². The molecule has 2 rings (SSSR count). The summed E-state index contributed by atoms with van der Waals surface area (Å²) in [6.45, 7) is 3.62. The summed E-state index contributed by atoms with van der Waals surface area (Å²) in [5.74, 6) is -1.48. The lowest BCUT2D eigenvalue weighted by Gasteiger charge is -2.10. The third-order valence-electron chi connectivity index (χ3n) is 2.96. The smallest absolute Gasteiger partial charge is 0.337 e. The van der Waals surface area contributed by atoms with Gasteiger partial charge in [-0.2, -0.15) is 0 Å². The fourth-order valence-corrected chi connectivity index (χ4v) is 2.30. The van der Waals surface area contributed by atoms with Crippen LogP contribution < -0.4 is 5.32 Å². The van der Waals surface area contributed by atoms with E-state index in [1.165, 1.54) is 6.07 Å². The van der Waals surface area contributed by atoms with E-state index in [1.54, 1.807) is 37.3 Å². The van der Waals surface area contributed by atoms with Gasteiger partial charge in [-0.05, 0) is 49.7 Å². The first-order chi connectivity index (χ1) is 9.86. The highest BCUT2D eigenvalue weighted by molar-refractivity contribution is 6.31. The number of carboxylic acid groups (broad SMARTS) is 1. The van der Waals surface area contributed by atoms with Gasteiger partial charge in [-0.3, -0.25) is 4.79 Å². The molecule has 0 fully saturated rings. The summed E-state index contributed by atoms with van der Waals surface area (Å²) in [5.41, 5.74) is 2.37. The molecular weight excluding hydrogens is 290 g/mol. The average molecular weight is 304 g/mol. The number of hydrogen-bond donors (Lipinski definition) is 2. The maximum absolute atomic E-state index is 12.2. The van der Waals surface area contributed by atoms with Crippen molar-refractivity contribution in [3.63, 3.8) is 0 Å². The molecule has 2 aromatic rings. The van der Waals surface area contributed by atoms with Crippen molar-refractivity contribution in [2.24, 2.45) is 0 Å². The Morgan fingerprint density at radius 1 is 1.05 bits per heavy atom. The molecule has 2 N–H and O–H groups in total. The Morgan fingerprint density at radius 2 is 1.76 bits per heavy atom. The molecule has 4 nitrogen and oxygen atoms in total. The monoisotopic (exact) mass is 303 g/mol. The van der Waals surface area contributed by atoms with Gasteiger partial charge < -0.3 is 10.4 Å². The summed E-state index contributed by atoms with van der Waals surface area (Å²) in [6, 6.07) is 9.81. The number of carboxylic acids is 1. The molecule has 2 aromatic carbocycles. The van der Waals surface area contributed by atoms with Gasteiger partial charge in [0.1, 0.15) is 0 Å². The van der Waals surface area contributed by atoms with Crippen LogP contribution in [0.2, 0.25) is 5.02 Å². The Morgan fingerprint density at radius 3 is 2.38 bits per heavy atom. The average Bonchev–Trinajstić information content (AvgIpc) is 2.39. The first-order valence-corrected chi connectivity index (χ1v) is 6.67. The van der Waals surface area contributed by atoms with Crippen LogP contribution in [-0.4, -0.2) is 17.0 Å². The van der Waals surface area contributed by atoms with Crippen molar-refractivity contribution < 1.29 is 14.7 Å². The second-order valence-corrected chi connectivity index (χ2v) is 5.26. The highest BCUT2D eigenvalue weighted by Crippen LogP contribution is 2.20. The van der Waals surface area contributed by atoms with Crippen LogP contribution in [0.1, 0.15) is 31.8 Å². The number of anilines is 1. The van der Waals surface area contributed by atoms with Gasteiger partial charge >= 0.3 is 5.97 Å². The minimum Gasteiger partial charge on any atom is -0.478 e. The Hall–Kier alpha value is -2.33. The SMILES string of the molecule is Cc1cc(Cl)cc(C(=O)Nc2ccc(C)cc2C(=O)O)c1. The number of halogens is 1. The molecule has 1 amide bonds. The van der Waals surface area contributed by atoms with E-state index in [1.807, 2.05) is 6.92 Å². The molecule has 108 valence electrons. The van der Waals surface area contributed by atoms with Gasteiger partial charge in [0.15, 0.2) is 0 Å². The Bertz CT molecular complexity index is 705. The van der Waals surface area contributed by atoms with Crippen molar-refractivity contribution in [1.29, 1.82) is 0 Å². The fraction of sp³-hybridized carbons (Fsp3) is 0.125. The van der Waals surface area contributed by atoms with Crippen molar-refractivity contribution in [3.05, 3.63) is 63.7 Å². The minimum absolute atomic E-state index is 0.0575. The van der Waals surface area contributed by atoms with E-state index < -0.39 is 11.9 Å². The second-order valence-electron chi connectivity index (χ2n) is 4.83. The van der Waals surface area contributed by atoms with Gasteiger partial charge in [0.05, 0.1) is 11.3 Å². The van der Waals surface area contributed by atoms with Crippen LogP contribution in [0.5, 0.6) is 0 Å². The predicted octanol–water partition coefficient (Wildman–Crippen LogP) is 3.91. The number of nitrogens with one attached hydrogen (secondary N) is 1. The van der Waals surface area contributed by atoms with E-state index >= 15 is 0 Å². The largest absolute Gasteiger partial charge is 0.478 e. The Labute approximate surface area is 127 Å². The molecule has 0 aromatic heterocycles. The molecule has 0 spiro atoms. The molecule has 0 unspecified atom stereocenters. The van der Waals surface area contributed by atoms with Crippen LogP contribution in [0.3, 0.4) is 0 Å². The van der Waals surface area contributed by atoms with Gasteiger partial charge in [-0.1, -0.05) is 23.2 Å². The zero-order valence-corrected chi connectivity index (χ0v) is 12.4. The number of aryl methyl sites for hydroxylation is 2. The van der Waals surface area contributed by atoms with Gasteiger partial charge in [-0.15, -0.1) is 0 Å². The second kappa shape index (κ2) is 5.97. The van der Waals surface area contributed by atoms with Crippen LogP contribution in [0.15, 0.2) is 36.4 Å². The number of aromatic carboxylic acids is 1. The molecule has 0 aliphatic heterocycles. The van der Waals surface area contributed by atoms with E-state index in [4.69, 9.17) is 11.6 Å². The van der Waals surface area contributed by atoms with Gasteiger partial charge in [0.2, 0.25) is 0 Å². The summed E-state index contributed by atoms with van der Waals surface area (Å²) in [6.07, 6.45) is 0. The van der Waals surface area contributed by atoms with Crippen LogP contribution in [0, 0.1) is 13.8 Å². The van der Waals surface area contributed by atoms with E-state index in [0.717, 1.165) is 11.1 Å². The highest BCUT2D eigenvalue weighted by Gasteiger charge is 2.14. The van der Waals surface area contributed by atoms with Crippen LogP contribution in [0.25, 0.3) is 0 Å². The Balaban J connectivity index is 2.33. The summed E-state index contributed by atoms with van der Waals surface area (Å²) in [5, 5.41) is 12.3. The number of rotatable bonds is 3. The lowest BCUT2D eigenvalue weighted by atomic mass is 10.1. The topological polar surface area (TPSA) is 66.4 Å². The number of carbonyl (C=O) groups is 2. The third-order valence-corrected chi connectivity index (χ3v) is 3.18. The minimum atomic E-state index is -1.09. The van der Waals surface area contributed by atoms with E-state index in [2.05, 4.69) is 5.32 Å². The summed E-state index contributed by atoms with van der Waals surface area (Å²) < 4.78 is 0. The third kappa shape index (κ3) is 3.61. The van der Waals surface area contributed by atoms with Crippen LogP contribution >= 0.6 is 11.6 Å². The fourth-order valence-electron chi connectivity index (χ4n) is 2.01. The zero-order chi connectivity index (χ0) is 15.6. The summed E-state index contributed by atoms with van der Waals surface area (Å²) in [7, 11) is 0. The summed E-state index contributed by atoms with van der Waals surface area (Å²) in [4.78, 5) is 23.4. The highest BCUT2D eigenvalue weighted by atomic mass is 35.5. The van der Waals surface area contributed by atoms with E-state index in [0.29, 0.717) is 10.6 Å². The maximum Gasteiger partial charge on any atom is 0.337 e. The van der Waals surface area contributed by atoms with Crippen LogP contribution in [0.4, 0.5) is 5.69 Å². The molecular formula is C16H14ClNO3. The van der Waals surface area contributed by atoms with Crippen molar-refractivity contribution in [1.82, 2.24) is 0 Å². The van der Waals surface area contributed by atoms with E-state index in [-0.39, 0.29) is 11.3 Å². The molecule has 0 saturated carbocycles. The molecule has 0 saturated heterocycles. The van der Waals surface area contributed by atoms with E-state index in [9.17, 15) is 14.7 Å². The molecule has 21 heavy (non-hydrogen) atoms. The first kappa shape index (κ1) is 15.1. The Kier molecular flexibility index (Phi) is 4.29. The molecule has 0 bridgehead atoms. The number of carbonyl (C=O) groups excluding carboxylic acids is 1. The quantitative estimate of drug-likeness (QED) is 0.903. The lowest BCUT2D eigenvalue weighted by molar-refractivity contribution is 0.0698. The summed E-state index contributed by atoms with van der Waals surface area (Å²) >= 11 is 5.93. The van der Waals surface area contributed by atoms with Gasteiger partial charge in [0, 0.05) is 10.6 Å². The number of hydrogen-bond acceptors (Lipinski definition) is 2. The molecule has 0 heterocycles. The van der Waals surface area contributed by atoms with Crippen molar-refractivity contribution in [2.45, 2.75) is 13.8 Å². The number of amides is 1. The molecule has 0 radical (unpaired) electrons. The van der Waals surface area contributed by atoms with Gasteiger partial charge in [-0.25, -0.2) is 4.79 Å². The molecule has 0 atom stereocenters. The van der Waals surface area contributed by atoms with Crippen molar-refractivity contribution in [2.75, 3.05) is 5.32 Å². The lowest BCUT2D eigenvalue weighted by Crippen LogP contribution is -2.15. The molecule has 5 heteroatoms. The van der Waals surface area contributed by atoms with Crippen molar-refractivity contribution in [3.8, 4) is 0 Å².